The van der Waals surface area contributed by atoms with Crippen LogP contribution in [-0.2, 0) is 0 Å². The number of nitrogens with zero attached hydrogens (tertiary/aromatic N) is 5. The van der Waals surface area contributed by atoms with Crippen LogP contribution in [0, 0.1) is 0 Å². The van der Waals surface area contributed by atoms with Gasteiger partial charge >= 0.3 is 12.7 Å². The molecule has 0 fully saturated rings. The molecule has 0 aliphatic heterocycles. The number of hydrogen-bond acceptors (Lipinski definition) is 7. The van der Waals surface area contributed by atoms with Gasteiger partial charge in [0.15, 0.2) is 0 Å². The molecule has 2 aromatic carbocycles. The summed E-state index contributed by atoms with van der Waals surface area (Å²) in [5.74, 6) is 0.444. The fourth-order valence-electron chi connectivity index (χ4n) is 4.70. The van der Waals surface area contributed by atoms with Crippen LogP contribution in [0.1, 0.15) is 27.7 Å². The maximum atomic E-state index is 14.0. The van der Waals surface area contributed by atoms with Crippen LogP contribution in [0.2, 0.25) is 0 Å². The van der Waals surface area contributed by atoms with E-state index in [-0.39, 0.29) is 17.4 Å². The Balaban J connectivity index is 1.60. The van der Waals surface area contributed by atoms with Gasteiger partial charge in [-0.1, -0.05) is 10.9 Å². The normalized spacial score (nSPS) is 11.4. The Bertz CT molecular complexity index is 1800. The Labute approximate surface area is 239 Å². The van der Waals surface area contributed by atoms with Crippen LogP contribution in [0.3, 0.4) is 0 Å². The third-order valence-corrected chi connectivity index (χ3v) is 6.62. The SMILES string of the molecule is CCOc1cnc2cc(-c3ccc4nn(OC(=O)N(CC)C(C)C)cc4c3)c(=O)n(-c3ccc(OC(F)F)cc3)c2c1. The summed E-state index contributed by atoms with van der Waals surface area (Å²) in [6.45, 7) is 5.41. The molecule has 0 radical (unpaired) electrons. The van der Waals surface area contributed by atoms with Crippen molar-refractivity contribution in [3.63, 3.8) is 0 Å². The fourth-order valence-corrected chi connectivity index (χ4v) is 4.70. The molecule has 0 aliphatic carbocycles. The highest BCUT2D eigenvalue weighted by atomic mass is 19.3. The lowest BCUT2D eigenvalue weighted by atomic mass is 10.0. The van der Waals surface area contributed by atoms with Gasteiger partial charge in [0.05, 0.1) is 35.6 Å². The maximum absolute atomic E-state index is 14.0. The second-order valence-electron chi connectivity index (χ2n) is 9.62. The third kappa shape index (κ3) is 5.73. The van der Waals surface area contributed by atoms with E-state index in [4.69, 9.17) is 9.57 Å². The molecule has 3 heterocycles. The molecule has 5 aromatic rings. The Kier molecular flexibility index (Phi) is 8.05. The molecule has 0 bridgehead atoms. The van der Waals surface area contributed by atoms with E-state index in [0.29, 0.717) is 57.7 Å². The zero-order valence-electron chi connectivity index (χ0n) is 23.5. The average Bonchev–Trinajstić information content (AvgIpc) is 3.35. The van der Waals surface area contributed by atoms with Crippen molar-refractivity contribution in [1.29, 1.82) is 0 Å². The van der Waals surface area contributed by atoms with Crippen LogP contribution in [0.4, 0.5) is 13.6 Å². The van der Waals surface area contributed by atoms with E-state index in [9.17, 15) is 18.4 Å². The zero-order valence-corrected chi connectivity index (χ0v) is 23.5. The number of benzene rings is 2. The molecule has 1 amide bonds. The lowest BCUT2D eigenvalue weighted by Gasteiger charge is -2.23. The second kappa shape index (κ2) is 11.9. The van der Waals surface area contributed by atoms with Gasteiger partial charge in [-0.15, -0.1) is 5.10 Å². The summed E-state index contributed by atoms with van der Waals surface area (Å²) >= 11 is 0. The summed E-state index contributed by atoms with van der Waals surface area (Å²) < 4.78 is 36.9. The minimum Gasteiger partial charge on any atom is -0.492 e. The summed E-state index contributed by atoms with van der Waals surface area (Å²) in [6.07, 6.45) is 2.61. The molecule has 0 unspecified atom stereocenters. The number of pyridine rings is 2. The van der Waals surface area contributed by atoms with E-state index in [1.807, 2.05) is 27.7 Å². The van der Waals surface area contributed by atoms with Gasteiger partial charge in [0.25, 0.3) is 5.56 Å². The first-order valence-electron chi connectivity index (χ1n) is 13.4. The highest BCUT2D eigenvalue weighted by Gasteiger charge is 2.19. The molecule has 0 spiro atoms. The van der Waals surface area contributed by atoms with Crippen molar-refractivity contribution in [3.8, 4) is 28.3 Å². The van der Waals surface area contributed by atoms with E-state index in [2.05, 4.69) is 14.8 Å². The molecular weight excluding hydrogens is 548 g/mol. The average molecular weight is 578 g/mol. The van der Waals surface area contributed by atoms with Crippen molar-refractivity contribution >= 4 is 28.0 Å². The lowest BCUT2D eigenvalue weighted by molar-refractivity contribution is -0.0498. The first-order chi connectivity index (χ1) is 20.2. The van der Waals surface area contributed by atoms with E-state index < -0.39 is 12.7 Å². The number of rotatable bonds is 9. The van der Waals surface area contributed by atoms with Crippen LogP contribution in [0.5, 0.6) is 11.5 Å². The molecular formula is C30H29F2N5O5. The minimum atomic E-state index is -2.97. The number of halogens is 2. The monoisotopic (exact) mass is 577 g/mol. The van der Waals surface area contributed by atoms with Crippen LogP contribution in [0.25, 0.3) is 38.8 Å². The van der Waals surface area contributed by atoms with Gasteiger partial charge in [-0.2, -0.15) is 8.78 Å². The van der Waals surface area contributed by atoms with Gasteiger partial charge in [-0.05, 0) is 75.7 Å². The quantitative estimate of drug-likeness (QED) is 0.222. The first kappa shape index (κ1) is 28.5. The van der Waals surface area contributed by atoms with Crippen molar-refractivity contribution in [2.24, 2.45) is 0 Å². The standard InChI is InChI=1S/C30H29F2N5O5/c1-5-35(18(3)4)30(39)42-36-17-20-13-19(7-12-25(20)34-36)24-15-26-27(14-23(16-33-26)40-6-2)37(28(24)38)21-8-10-22(11-9-21)41-29(31)32/h7-18,29H,5-6H2,1-4H3. The van der Waals surface area contributed by atoms with Crippen molar-refractivity contribution in [1.82, 2.24) is 24.4 Å². The van der Waals surface area contributed by atoms with Crippen molar-refractivity contribution < 1.29 is 27.9 Å². The Hall–Kier alpha value is -5.00. The summed E-state index contributed by atoms with van der Waals surface area (Å²) in [4.78, 5) is 39.2. The van der Waals surface area contributed by atoms with Crippen molar-refractivity contribution in [2.45, 2.75) is 40.3 Å². The highest BCUT2D eigenvalue weighted by molar-refractivity contribution is 5.88. The third-order valence-electron chi connectivity index (χ3n) is 6.62. The van der Waals surface area contributed by atoms with Gasteiger partial charge in [-0.3, -0.25) is 19.2 Å². The van der Waals surface area contributed by atoms with Gasteiger partial charge in [0, 0.05) is 35.3 Å². The summed E-state index contributed by atoms with van der Waals surface area (Å²) in [5, 5.41) is 4.97. The van der Waals surface area contributed by atoms with E-state index in [0.717, 1.165) is 4.85 Å². The molecule has 42 heavy (non-hydrogen) atoms. The molecule has 12 heteroatoms. The van der Waals surface area contributed by atoms with E-state index >= 15 is 0 Å². The zero-order chi connectivity index (χ0) is 30.0. The number of aromatic nitrogens is 4. The number of amides is 1. The Morgan fingerprint density at radius 2 is 1.76 bits per heavy atom. The molecule has 0 atom stereocenters. The molecule has 0 saturated heterocycles. The van der Waals surface area contributed by atoms with Crippen LogP contribution < -0.4 is 19.9 Å². The predicted molar refractivity (Wildman–Crippen MR) is 153 cm³/mol. The fraction of sp³-hybridized carbons (Fsp3) is 0.267. The molecule has 0 saturated carbocycles. The molecule has 5 rings (SSSR count). The van der Waals surface area contributed by atoms with Crippen LogP contribution in [0.15, 0.2) is 71.8 Å². The van der Waals surface area contributed by atoms with E-state index in [1.54, 1.807) is 47.6 Å². The maximum Gasteiger partial charge on any atom is 0.436 e. The summed E-state index contributed by atoms with van der Waals surface area (Å²) in [6, 6.07) is 14.4. The number of alkyl halides is 2. The summed E-state index contributed by atoms with van der Waals surface area (Å²) in [7, 11) is 0. The van der Waals surface area contributed by atoms with Crippen LogP contribution >= 0.6 is 0 Å². The molecule has 218 valence electrons. The topological polar surface area (TPSA) is 101 Å². The first-order valence-corrected chi connectivity index (χ1v) is 13.4. The smallest absolute Gasteiger partial charge is 0.436 e. The van der Waals surface area contributed by atoms with Crippen molar-refractivity contribution in [3.05, 3.63) is 77.3 Å². The summed E-state index contributed by atoms with van der Waals surface area (Å²) in [5.41, 5.74) is 2.54. The number of carbonyl (C=O) groups excluding carboxylic acids is 1. The van der Waals surface area contributed by atoms with Crippen LogP contribution in [-0.4, -0.2) is 56.3 Å². The van der Waals surface area contributed by atoms with Gasteiger partial charge in [-0.25, -0.2) is 4.79 Å². The lowest BCUT2D eigenvalue weighted by Crippen LogP contribution is -2.41. The number of carbonyl (C=O) groups is 1. The molecule has 10 nitrogen and oxygen atoms in total. The number of fused-ring (bicyclic) bond motifs is 2. The number of ether oxygens (including phenoxy) is 2. The Morgan fingerprint density at radius 1 is 1.00 bits per heavy atom. The Morgan fingerprint density at radius 3 is 2.43 bits per heavy atom. The molecule has 0 N–H and O–H groups in total. The second-order valence-corrected chi connectivity index (χ2v) is 9.62. The van der Waals surface area contributed by atoms with Gasteiger partial charge in [0.1, 0.15) is 11.5 Å². The van der Waals surface area contributed by atoms with Gasteiger partial charge in [0.2, 0.25) is 0 Å². The van der Waals surface area contributed by atoms with Crippen molar-refractivity contribution in [2.75, 3.05) is 13.2 Å². The number of hydrogen-bond donors (Lipinski definition) is 0. The largest absolute Gasteiger partial charge is 0.492 e. The molecule has 0 aliphatic rings. The van der Waals surface area contributed by atoms with E-state index in [1.165, 1.54) is 28.8 Å². The predicted octanol–water partition coefficient (Wildman–Crippen LogP) is 5.68. The van der Waals surface area contributed by atoms with Gasteiger partial charge < -0.3 is 14.4 Å². The highest BCUT2D eigenvalue weighted by Crippen LogP contribution is 2.28. The molecule has 3 aromatic heterocycles. The minimum absolute atomic E-state index is 0.0333.